The molecule has 0 saturated carbocycles. The van der Waals surface area contributed by atoms with Crippen LogP contribution in [-0.4, -0.2) is 16.9 Å². The molecule has 3 nitrogen and oxygen atoms in total. The van der Waals surface area contributed by atoms with Gasteiger partial charge in [0.1, 0.15) is 5.78 Å². The highest BCUT2D eigenvalue weighted by atomic mass is 16.4. The van der Waals surface area contributed by atoms with Gasteiger partial charge in [0, 0.05) is 19.3 Å². The van der Waals surface area contributed by atoms with Gasteiger partial charge in [0.05, 0.1) is 0 Å². The van der Waals surface area contributed by atoms with Crippen LogP contribution in [0.3, 0.4) is 0 Å². The Balaban J connectivity index is 3.19. The summed E-state index contributed by atoms with van der Waals surface area (Å²) >= 11 is 0. The fourth-order valence-electron chi connectivity index (χ4n) is 1.83. The van der Waals surface area contributed by atoms with Crippen LogP contribution in [0, 0.1) is 0 Å². The van der Waals surface area contributed by atoms with Crippen molar-refractivity contribution in [1.29, 1.82) is 0 Å². The minimum atomic E-state index is -0.725. The Labute approximate surface area is 105 Å². The molecule has 0 saturated heterocycles. The summed E-state index contributed by atoms with van der Waals surface area (Å²) in [6, 6.07) is 0. The lowest BCUT2D eigenvalue weighted by molar-refractivity contribution is -0.137. The smallest absolute Gasteiger partial charge is 0.303 e. The van der Waals surface area contributed by atoms with E-state index in [1.54, 1.807) is 0 Å². The highest BCUT2D eigenvalue weighted by molar-refractivity contribution is 5.78. The van der Waals surface area contributed by atoms with E-state index < -0.39 is 5.97 Å². The number of unbranched alkanes of at least 4 members (excludes halogenated alkanes) is 6. The number of rotatable bonds is 12. The van der Waals surface area contributed by atoms with Crippen molar-refractivity contribution >= 4 is 11.8 Å². The summed E-state index contributed by atoms with van der Waals surface area (Å²) in [5.41, 5.74) is 0. The van der Waals surface area contributed by atoms with Crippen molar-refractivity contribution in [3.05, 3.63) is 0 Å². The van der Waals surface area contributed by atoms with Crippen LogP contribution < -0.4 is 0 Å². The number of hydrogen-bond acceptors (Lipinski definition) is 2. The van der Waals surface area contributed by atoms with Gasteiger partial charge in [0.25, 0.3) is 0 Å². The van der Waals surface area contributed by atoms with Gasteiger partial charge in [-0.2, -0.15) is 0 Å². The van der Waals surface area contributed by atoms with Gasteiger partial charge in [0.15, 0.2) is 0 Å². The first kappa shape index (κ1) is 16.1. The highest BCUT2D eigenvalue weighted by Crippen LogP contribution is 2.09. The molecule has 0 radical (unpaired) electrons. The number of aliphatic carboxylic acids is 1. The van der Waals surface area contributed by atoms with Crippen LogP contribution in [0.25, 0.3) is 0 Å². The van der Waals surface area contributed by atoms with Crippen LogP contribution in [0.1, 0.15) is 77.6 Å². The molecule has 0 aliphatic heterocycles. The van der Waals surface area contributed by atoms with Gasteiger partial charge in [0.2, 0.25) is 0 Å². The van der Waals surface area contributed by atoms with Gasteiger partial charge in [-0.05, 0) is 19.3 Å². The quantitative estimate of drug-likeness (QED) is 0.527. The molecule has 0 bridgehead atoms. The maximum Gasteiger partial charge on any atom is 0.303 e. The Morgan fingerprint density at radius 2 is 1.24 bits per heavy atom. The lowest BCUT2D eigenvalue weighted by Gasteiger charge is -2.01. The normalized spacial score (nSPS) is 10.4. The molecule has 17 heavy (non-hydrogen) atoms. The average molecular weight is 242 g/mol. The van der Waals surface area contributed by atoms with Gasteiger partial charge in [-0.1, -0.05) is 39.0 Å². The zero-order chi connectivity index (χ0) is 12.9. The van der Waals surface area contributed by atoms with E-state index in [2.05, 4.69) is 6.92 Å². The molecule has 0 amide bonds. The predicted molar refractivity (Wildman–Crippen MR) is 69.1 cm³/mol. The molecule has 100 valence electrons. The molecule has 3 heteroatoms. The Kier molecular flexibility index (Phi) is 11.0. The van der Waals surface area contributed by atoms with Gasteiger partial charge in [-0.3, -0.25) is 9.59 Å². The van der Waals surface area contributed by atoms with Crippen LogP contribution in [-0.2, 0) is 9.59 Å². The minimum absolute atomic E-state index is 0.255. The lowest BCUT2D eigenvalue weighted by atomic mass is 10.0. The van der Waals surface area contributed by atoms with E-state index >= 15 is 0 Å². The van der Waals surface area contributed by atoms with Crippen molar-refractivity contribution in [2.45, 2.75) is 77.6 Å². The average Bonchev–Trinajstić information content (AvgIpc) is 2.29. The van der Waals surface area contributed by atoms with Gasteiger partial charge < -0.3 is 5.11 Å². The highest BCUT2D eigenvalue weighted by Gasteiger charge is 2.02. The summed E-state index contributed by atoms with van der Waals surface area (Å²) < 4.78 is 0. The monoisotopic (exact) mass is 242 g/mol. The first-order valence-electron chi connectivity index (χ1n) is 6.90. The summed E-state index contributed by atoms with van der Waals surface area (Å²) in [7, 11) is 0. The standard InChI is InChI=1S/C14H26O3/c1-2-3-4-7-10-13(15)11-8-5-6-9-12-14(16)17/h2-12H2,1H3,(H,16,17). The number of carboxylic acids is 1. The van der Waals surface area contributed by atoms with E-state index in [-0.39, 0.29) is 6.42 Å². The van der Waals surface area contributed by atoms with Crippen molar-refractivity contribution in [3.63, 3.8) is 0 Å². The second-order valence-electron chi connectivity index (χ2n) is 4.66. The molecule has 0 aliphatic rings. The summed E-state index contributed by atoms with van der Waals surface area (Å²) in [4.78, 5) is 21.7. The van der Waals surface area contributed by atoms with Crippen molar-refractivity contribution < 1.29 is 14.7 Å². The summed E-state index contributed by atoms with van der Waals surface area (Å²) in [5.74, 6) is -0.351. The number of carbonyl (C=O) groups excluding carboxylic acids is 1. The van der Waals surface area contributed by atoms with Crippen LogP contribution >= 0.6 is 0 Å². The number of ketones is 1. The maximum absolute atomic E-state index is 11.5. The third-order valence-corrected chi connectivity index (χ3v) is 2.91. The first-order valence-corrected chi connectivity index (χ1v) is 6.90. The molecule has 0 heterocycles. The number of Topliss-reactive ketones (excluding diaryl/α,β-unsaturated/α-hetero) is 1. The molecule has 0 aromatic rings. The number of carboxylic acid groups (broad SMARTS) is 1. The third kappa shape index (κ3) is 13.1. The summed E-state index contributed by atoms with van der Waals surface area (Å²) in [6.07, 6.45) is 9.86. The van der Waals surface area contributed by atoms with Crippen LogP contribution in [0.5, 0.6) is 0 Å². The largest absolute Gasteiger partial charge is 0.481 e. The Bertz CT molecular complexity index is 212. The molecular formula is C14H26O3. The molecule has 0 atom stereocenters. The maximum atomic E-state index is 11.5. The first-order chi connectivity index (χ1) is 8.16. The van der Waals surface area contributed by atoms with E-state index in [9.17, 15) is 9.59 Å². The van der Waals surface area contributed by atoms with E-state index in [4.69, 9.17) is 5.11 Å². The van der Waals surface area contributed by atoms with E-state index in [0.717, 1.165) is 38.5 Å². The lowest BCUT2D eigenvalue weighted by Crippen LogP contribution is -1.98. The molecule has 0 aromatic heterocycles. The Hall–Kier alpha value is -0.860. The van der Waals surface area contributed by atoms with Crippen LogP contribution in [0.15, 0.2) is 0 Å². The molecule has 0 fully saturated rings. The molecule has 1 N–H and O–H groups in total. The third-order valence-electron chi connectivity index (χ3n) is 2.91. The van der Waals surface area contributed by atoms with Gasteiger partial charge in [-0.25, -0.2) is 0 Å². The van der Waals surface area contributed by atoms with Crippen molar-refractivity contribution in [2.24, 2.45) is 0 Å². The zero-order valence-corrected chi connectivity index (χ0v) is 11.0. The molecule has 0 spiro atoms. The molecular weight excluding hydrogens is 216 g/mol. The van der Waals surface area contributed by atoms with E-state index in [0.29, 0.717) is 12.2 Å². The zero-order valence-electron chi connectivity index (χ0n) is 11.0. The fraction of sp³-hybridized carbons (Fsp3) is 0.857. The fourth-order valence-corrected chi connectivity index (χ4v) is 1.83. The second-order valence-corrected chi connectivity index (χ2v) is 4.66. The topological polar surface area (TPSA) is 54.4 Å². The number of hydrogen-bond donors (Lipinski definition) is 1. The molecule has 0 aromatic carbocycles. The van der Waals surface area contributed by atoms with E-state index in [1.165, 1.54) is 19.3 Å². The second kappa shape index (κ2) is 11.6. The van der Waals surface area contributed by atoms with Crippen molar-refractivity contribution in [3.8, 4) is 0 Å². The van der Waals surface area contributed by atoms with Crippen molar-refractivity contribution in [1.82, 2.24) is 0 Å². The Morgan fingerprint density at radius 3 is 1.71 bits per heavy atom. The molecule has 0 rings (SSSR count). The van der Waals surface area contributed by atoms with Crippen molar-refractivity contribution in [2.75, 3.05) is 0 Å². The molecule has 0 aliphatic carbocycles. The summed E-state index contributed by atoms with van der Waals surface area (Å²) in [6.45, 7) is 2.17. The van der Waals surface area contributed by atoms with Gasteiger partial charge >= 0.3 is 5.97 Å². The summed E-state index contributed by atoms with van der Waals surface area (Å²) in [5, 5.41) is 8.44. The predicted octanol–water partition coefficient (Wildman–Crippen LogP) is 3.95. The van der Waals surface area contributed by atoms with Gasteiger partial charge in [-0.15, -0.1) is 0 Å². The minimum Gasteiger partial charge on any atom is -0.481 e. The van der Waals surface area contributed by atoms with E-state index in [1.807, 2.05) is 0 Å². The van der Waals surface area contributed by atoms with Crippen LogP contribution in [0.4, 0.5) is 0 Å². The van der Waals surface area contributed by atoms with Crippen LogP contribution in [0.2, 0.25) is 0 Å². The SMILES string of the molecule is CCCCCCC(=O)CCCCCCC(=O)O. The Morgan fingerprint density at radius 1 is 0.765 bits per heavy atom. The molecule has 0 unspecified atom stereocenters. The number of carbonyl (C=O) groups is 2.